The zero-order chi connectivity index (χ0) is 15.5. The summed E-state index contributed by atoms with van der Waals surface area (Å²) in [6.07, 6.45) is 0.675. The Morgan fingerprint density at radius 3 is 2.62 bits per heavy atom. The first-order chi connectivity index (χ1) is 9.94. The summed E-state index contributed by atoms with van der Waals surface area (Å²) in [6.45, 7) is 0.686. The number of carbonyl (C=O) groups excluding carboxylic acids is 1. The van der Waals surface area contributed by atoms with Crippen molar-refractivity contribution < 1.29 is 24.5 Å². The summed E-state index contributed by atoms with van der Waals surface area (Å²) in [4.78, 5) is 23.5. The van der Waals surface area contributed by atoms with Crippen LogP contribution in [0.3, 0.4) is 0 Å². The molecule has 0 radical (unpaired) electrons. The lowest BCUT2D eigenvalue weighted by Gasteiger charge is -2.33. The number of phenols is 1. The third-order valence-electron chi connectivity index (χ3n) is 3.69. The number of aliphatic carboxylic acids is 1. The zero-order valence-corrected chi connectivity index (χ0v) is 12.0. The largest absolute Gasteiger partial charge is 0.507 e. The summed E-state index contributed by atoms with van der Waals surface area (Å²) in [5, 5.41) is 21.9. The maximum Gasteiger partial charge on any atom is 0.311 e. The number of ether oxygens (including phenoxy) is 1. The molecule has 0 unspecified atom stereocenters. The summed E-state index contributed by atoms with van der Waals surface area (Å²) in [5.74, 6) is -1.71. The fourth-order valence-corrected chi connectivity index (χ4v) is 2.44. The fourth-order valence-electron chi connectivity index (χ4n) is 2.26. The topological polar surface area (TPSA) is 95.9 Å². The van der Waals surface area contributed by atoms with Crippen molar-refractivity contribution in [3.05, 3.63) is 28.8 Å². The van der Waals surface area contributed by atoms with Crippen molar-refractivity contribution in [2.45, 2.75) is 12.8 Å². The van der Waals surface area contributed by atoms with E-state index in [0.29, 0.717) is 31.1 Å². The minimum Gasteiger partial charge on any atom is -0.507 e. The Labute approximate surface area is 126 Å². The average molecular weight is 314 g/mol. The van der Waals surface area contributed by atoms with Crippen LogP contribution in [0, 0.1) is 5.41 Å². The van der Waals surface area contributed by atoms with Crippen LogP contribution in [0.15, 0.2) is 18.2 Å². The summed E-state index contributed by atoms with van der Waals surface area (Å²) >= 11 is 5.79. The number of hydrogen-bond donors (Lipinski definition) is 3. The van der Waals surface area contributed by atoms with Crippen LogP contribution in [0.1, 0.15) is 23.2 Å². The predicted octanol–water partition coefficient (Wildman–Crippen LogP) is 1.66. The van der Waals surface area contributed by atoms with Gasteiger partial charge in [-0.05, 0) is 31.0 Å². The fraction of sp³-hybridized carbons (Fsp3) is 0.429. The molecule has 0 bridgehead atoms. The SMILES string of the molecule is O=C(NCC1(C(=O)O)CCOCC1)c1cc(Cl)ccc1O. The van der Waals surface area contributed by atoms with E-state index >= 15 is 0 Å². The van der Waals surface area contributed by atoms with Crippen LogP contribution in [0.5, 0.6) is 5.75 Å². The Morgan fingerprint density at radius 1 is 1.33 bits per heavy atom. The van der Waals surface area contributed by atoms with E-state index in [2.05, 4.69) is 5.32 Å². The molecule has 114 valence electrons. The molecule has 1 aromatic carbocycles. The molecule has 0 saturated carbocycles. The smallest absolute Gasteiger partial charge is 0.311 e. The number of carboxylic acid groups (broad SMARTS) is 1. The molecule has 0 atom stereocenters. The van der Waals surface area contributed by atoms with Gasteiger partial charge in [0.2, 0.25) is 0 Å². The number of rotatable bonds is 4. The molecular formula is C14H16ClNO5. The molecule has 6 nitrogen and oxygen atoms in total. The number of phenolic OH excluding ortho intramolecular Hbond substituents is 1. The number of halogens is 1. The lowest BCUT2D eigenvalue weighted by molar-refractivity contribution is -0.154. The first kappa shape index (κ1) is 15.6. The molecule has 21 heavy (non-hydrogen) atoms. The van der Waals surface area contributed by atoms with E-state index in [9.17, 15) is 19.8 Å². The molecule has 2 rings (SSSR count). The molecule has 1 aromatic rings. The van der Waals surface area contributed by atoms with Crippen LogP contribution in [-0.2, 0) is 9.53 Å². The van der Waals surface area contributed by atoms with Crippen LogP contribution in [0.4, 0.5) is 0 Å². The Hall–Kier alpha value is -1.79. The van der Waals surface area contributed by atoms with Gasteiger partial charge in [0.05, 0.1) is 11.0 Å². The van der Waals surface area contributed by atoms with E-state index in [4.69, 9.17) is 16.3 Å². The molecule has 1 saturated heterocycles. The van der Waals surface area contributed by atoms with Crippen molar-refractivity contribution in [2.24, 2.45) is 5.41 Å². The van der Waals surface area contributed by atoms with Gasteiger partial charge in [-0.3, -0.25) is 9.59 Å². The van der Waals surface area contributed by atoms with Crippen molar-refractivity contribution in [3.8, 4) is 5.75 Å². The third kappa shape index (κ3) is 3.46. The molecule has 1 fully saturated rings. The number of nitrogens with one attached hydrogen (secondary N) is 1. The normalized spacial score (nSPS) is 17.2. The van der Waals surface area contributed by atoms with Crippen LogP contribution in [0.2, 0.25) is 5.02 Å². The number of carbonyl (C=O) groups is 2. The van der Waals surface area contributed by atoms with Gasteiger partial charge >= 0.3 is 5.97 Å². The highest BCUT2D eigenvalue weighted by Crippen LogP contribution is 2.30. The molecule has 0 spiro atoms. The van der Waals surface area contributed by atoms with Gasteiger partial charge < -0.3 is 20.3 Å². The van der Waals surface area contributed by atoms with Gasteiger partial charge in [0, 0.05) is 24.8 Å². The lowest BCUT2D eigenvalue weighted by Crippen LogP contribution is -2.46. The quantitative estimate of drug-likeness (QED) is 0.785. The van der Waals surface area contributed by atoms with Gasteiger partial charge in [-0.1, -0.05) is 11.6 Å². The van der Waals surface area contributed by atoms with Gasteiger partial charge in [-0.15, -0.1) is 0 Å². The molecule has 1 heterocycles. The van der Waals surface area contributed by atoms with E-state index in [-0.39, 0.29) is 17.9 Å². The lowest BCUT2D eigenvalue weighted by atomic mass is 9.80. The Bertz CT molecular complexity index is 554. The van der Waals surface area contributed by atoms with Gasteiger partial charge in [0.1, 0.15) is 5.75 Å². The number of hydrogen-bond acceptors (Lipinski definition) is 4. The first-order valence-electron chi connectivity index (χ1n) is 6.52. The van der Waals surface area contributed by atoms with Crippen molar-refractivity contribution in [2.75, 3.05) is 19.8 Å². The van der Waals surface area contributed by atoms with Gasteiger partial charge in [-0.2, -0.15) is 0 Å². The number of amides is 1. The maximum absolute atomic E-state index is 12.1. The molecule has 0 aromatic heterocycles. The molecule has 7 heteroatoms. The molecule has 1 amide bonds. The Kier molecular flexibility index (Phi) is 4.69. The summed E-state index contributed by atoms with van der Waals surface area (Å²) < 4.78 is 5.17. The van der Waals surface area contributed by atoms with Gasteiger partial charge in [0.15, 0.2) is 0 Å². The van der Waals surface area contributed by atoms with Crippen LogP contribution < -0.4 is 5.32 Å². The van der Waals surface area contributed by atoms with E-state index in [1.165, 1.54) is 18.2 Å². The second kappa shape index (κ2) is 6.32. The zero-order valence-electron chi connectivity index (χ0n) is 11.3. The highest BCUT2D eigenvalue weighted by Gasteiger charge is 2.40. The molecule has 3 N–H and O–H groups in total. The standard InChI is InChI=1S/C14H16ClNO5/c15-9-1-2-11(17)10(7-9)12(18)16-8-14(13(19)20)3-5-21-6-4-14/h1-2,7,17H,3-6,8H2,(H,16,18)(H,19,20). The average Bonchev–Trinajstić information content (AvgIpc) is 2.48. The summed E-state index contributed by atoms with van der Waals surface area (Å²) in [5.41, 5.74) is -1.00. The van der Waals surface area contributed by atoms with E-state index in [0.717, 1.165) is 0 Å². The van der Waals surface area contributed by atoms with Gasteiger partial charge in [-0.25, -0.2) is 0 Å². The third-order valence-corrected chi connectivity index (χ3v) is 3.93. The maximum atomic E-state index is 12.1. The van der Waals surface area contributed by atoms with E-state index < -0.39 is 17.3 Å². The van der Waals surface area contributed by atoms with E-state index in [1.54, 1.807) is 0 Å². The van der Waals surface area contributed by atoms with Crippen molar-refractivity contribution in [3.63, 3.8) is 0 Å². The minimum absolute atomic E-state index is 0.0174. The summed E-state index contributed by atoms with van der Waals surface area (Å²) in [7, 11) is 0. The predicted molar refractivity (Wildman–Crippen MR) is 75.6 cm³/mol. The molecule has 0 aliphatic carbocycles. The van der Waals surface area contributed by atoms with Crippen molar-refractivity contribution in [1.29, 1.82) is 0 Å². The number of benzene rings is 1. The van der Waals surface area contributed by atoms with Crippen molar-refractivity contribution >= 4 is 23.5 Å². The second-order valence-electron chi connectivity index (χ2n) is 5.04. The molecule has 1 aliphatic rings. The van der Waals surface area contributed by atoms with Gasteiger partial charge in [0.25, 0.3) is 5.91 Å². The minimum atomic E-state index is -1.03. The van der Waals surface area contributed by atoms with Crippen LogP contribution >= 0.6 is 11.6 Å². The highest BCUT2D eigenvalue weighted by atomic mass is 35.5. The second-order valence-corrected chi connectivity index (χ2v) is 5.48. The molecule has 1 aliphatic heterocycles. The van der Waals surface area contributed by atoms with Crippen molar-refractivity contribution in [1.82, 2.24) is 5.32 Å². The Morgan fingerprint density at radius 2 is 2.00 bits per heavy atom. The highest BCUT2D eigenvalue weighted by molar-refractivity contribution is 6.31. The molecular weight excluding hydrogens is 298 g/mol. The van der Waals surface area contributed by atoms with Crippen LogP contribution in [0.25, 0.3) is 0 Å². The number of aromatic hydroxyl groups is 1. The monoisotopic (exact) mass is 313 g/mol. The van der Waals surface area contributed by atoms with Crippen LogP contribution in [-0.4, -0.2) is 41.8 Å². The summed E-state index contributed by atoms with van der Waals surface area (Å²) in [6, 6.07) is 4.12. The first-order valence-corrected chi connectivity index (χ1v) is 6.90. The van der Waals surface area contributed by atoms with E-state index in [1.807, 2.05) is 0 Å². The number of carboxylic acids is 1. The Balaban J connectivity index is 2.08.